The van der Waals surface area contributed by atoms with Crippen molar-refractivity contribution in [3.05, 3.63) is 95.9 Å². The number of methoxy groups -OCH3 is 4. The number of aliphatic hydroxyl groups is 2. The molecule has 3 amide bonds. The summed E-state index contributed by atoms with van der Waals surface area (Å²) in [5.74, 6) is -6.61. The van der Waals surface area contributed by atoms with Gasteiger partial charge in [0, 0.05) is 114 Å². The second-order valence-electron chi connectivity index (χ2n) is 35.0. The highest BCUT2D eigenvalue weighted by atomic mass is 16.6. The number of fused-ring (bicyclic) bond motifs is 5. The third-order valence-electron chi connectivity index (χ3n) is 25.5. The summed E-state index contributed by atoms with van der Waals surface area (Å²) in [6.45, 7) is 16.8. The van der Waals surface area contributed by atoms with Gasteiger partial charge in [-0.2, -0.15) is 5.10 Å². The number of para-hydroxylation sites is 1. The Balaban J connectivity index is 0.554. The maximum atomic E-state index is 14.7. The van der Waals surface area contributed by atoms with Crippen LogP contribution in [0.2, 0.25) is 0 Å². The topological polar surface area (TPSA) is 449 Å². The van der Waals surface area contributed by atoms with Crippen molar-refractivity contribution in [3.8, 4) is 17.1 Å². The summed E-state index contributed by atoms with van der Waals surface area (Å²) in [6, 6.07) is 5.77. The lowest BCUT2D eigenvalue weighted by Gasteiger charge is -2.42. The van der Waals surface area contributed by atoms with Crippen LogP contribution in [-0.2, 0) is 103 Å². The van der Waals surface area contributed by atoms with Crippen LogP contribution in [0.5, 0.6) is 5.75 Å². The molecule has 0 unspecified atom stereocenters. The standard InChI is InChI=1S/C94H141N13O22/c1-60-19-12-11-13-20-61(2)78(118-8)56-71-31-25-65(6)94(116,129-71)88(112)92(114)106-36-16-14-23-74(106)93(115)128-79(57-75(108)62(3)52-64(5)86(111)87(120-10)85(110)63(4)51-60)72(95)53-66-26-32-76(80(54-66)119-9)127-38-17-15-22-70-58-105(104-103-70)37-42-124-46-48-126-50-49-125-47-43-121-39-33-81(109)97-34-40-122-44-45-123-41-35-98-91(113)68-29-27-67(28-30-68)90-102-83(84-89(96)99-59-100-107(84)90)73-55-69-21-18-24-77(117-7)82(69)101-73/h11-13,18-21,24,52,55,58-60,62-63,65-68,71-72,74,76,78-80,86-87,101,111,116H,14-17,22-23,25-51,53-54,56-57,95H2,1-10H3,(H,97,109)(H,98,113)(H2,96,99,100)/b13-11+,19-12+,61-20+,64-52+/t60-,62-,63-,65-,66+,67?,68?,71+,72-,74+,76-,78+,79+,80-,86-,87+,94-/m1/s1. The van der Waals surface area contributed by atoms with Gasteiger partial charge in [-0.25, -0.2) is 24.0 Å². The third kappa shape index (κ3) is 29.9. The van der Waals surface area contributed by atoms with E-state index < -0.39 is 83.8 Å². The molecule has 3 aliphatic heterocycles. The highest BCUT2D eigenvalue weighted by Crippen LogP contribution is 2.42. The number of ether oxygens (including phenoxy) is 13. The maximum Gasteiger partial charge on any atom is 0.329 e. The number of aromatic nitrogens is 8. The zero-order valence-electron chi connectivity index (χ0n) is 77.1. The Kier molecular flexibility index (Phi) is 41.7. The SMILES string of the molecule is COc1cccc2cc(-c3nc(C4CCC(C(=O)NCCOCCOCCNC(=O)CCOCCOCCOCCOCCn5cc(CCCCO[C@@H]6CC[C@@H](C[C@@H](N)[C@@H]7CC(=O)[C@H](C)/C=C(\C)[C@@H](O)[C@@H](OC)C(=O)[C@H](C)C[C@H](C)/C=C/C=C/C=C(\C)[C@@H](OC)C[C@@H]8CC[C@@H](C)[C@@](O)(O8)C(=O)C(=O)N8CCCC[C@H]8C(=O)O7)C[C@H]6OC)nn5)CC4)n4ncnc(N)c34)[nH]c12. The van der Waals surface area contributed by atoms with Crippen LogP contribution < -0.4 is 26.8 Å². The molecule has 129 heavy (non-hydrogen) atoms. The number of hydrogen-bond acceptors (Lipinski definition) is 29. The van der Waals surface area contributed by atoms with Crippen molar-refractivity contribution in [2.24, 2.45) is 41.2 Å². The molecule has 4 fully saturated rings. The summed E-state index contributed by atoms with van der Waals surface area (Å²) in [5, 5.41) is 43.8. The lowest BCUT2D eigenvalue weighted by atomic mass is 9.80. The number of rotatable bonds is 40. The summed E-state index contributed by atoms with van der Waals surface area (Å²) in [7, 11) is 6.23. The van der Waals surface area contributed by atoms with Gasteiger partial charge in [0.15, 0.2) is 11.6 Å². The number of Topliss-reactive ketones (excluding diaryl/α,β-unsaturated/α-hetero) is 3. The number of imidazole rings is 1. The van der Waals surface area contributed by atoms with Gasteiger partial charge in [-0.05, 0) is 158 Å². The van der Waals surface area contributed by atoms with Gasteiger partial charge in [0.2, 0.25) is 17.6 Å². The molecule has 15 atom stereocenters. The Morgan fingerprint density at radius 2 is 1.47 bits per heavy atom. The van der Waals surface area contributed by atoms with Crippen molar-refractivity contribution < 1.29 is 105 Å². The van der Waals surface area contributed by atoms with Gasteiger partial charge in [-0.3, -0.25) is 28.8 Å². The first-order valence-corrected chi connectivity index (χ1v) is 46.2. The molecule has 2 saturated carbocycles. The zero-order valence-corrected chi connectivity index (χ0v) is 77.1. The number of nitrogens with one attached hydrogen (secondary N) is 3. The average molecular weight is 1810 g/mol. The Bertz CT molecular complexity index is 4500. The van der Waals surface area contributed by atoms with Crippen molar-refractivity contribution in [1.29, 1.82) is 0 Å². The Labute approximate surface area is 757 Å². The fourth-order valence-electron chi connectivity index (χ4n) is 17.9. The molecule has 10 rings (SSSR count). The average Bonchev–Trinajstić information content (AvgIpc) is 1.61. The molecule has 4 aromatic heterocycles. The molecule has 35 heteroatoms. The molecule has 5 aromatic rings. The molecule has 2 aliphatic carbocycles. The van der Waals surface area contributed by atoms with Crippen molar-refractivity contribution in [2.75, 3.05) is 140 Å². The number of nitrogens with zero attached hydrogens (tertiary/aromatic N) is 8. The molecular weight excluding hydrogens is 1660 g/mol. The van der Waals surface area contributed by atoms with Crippen molar-refractivity contribution in [1.82, 2.24) is 55.1 Å². The second kappa shape index (κ2) is 52.5. The van der Waals surface area contributed by atoms with E-state index in [9.17, 15) is 43.8 Å². The van der Waals surface area contributed by atoms with Crippen LogP contribution in [-0.4, -0.2) is 290 Å². The number of piperidine rings is 1. The van der Waals surface area contributed by atoms with E-state index in [0.29, 0.717) is 199 Å². The minimum Gasteiger partial charge on any atom is -0.495 e. The molecule has 2 saturated heterocycles. The highest BCUT2D eigenvalue weighted by molar-refractivity contribution is 6.39. The number of cyclic esters (lactones) is 1. The zero-order chi connectivity index (χ0) is 92.4. The predicted molar refractivity (Wildman–Crippen MR) is 480 cm³/mol. The van der Waals surface area contributed by atoms with E-state index in [1.807, 2.05) is 74.7 Å². The van der Waals surface area contributed by atoms with Crippen LogP contribution in [0.4, 0.5) is 5.82 Å². The molecular formula is C94H141N13O22. The van der Waals surface area contributed by atoms with Gasteiger partial charge in [-0.1, -0.05) is 81.5 Å². The van der Waals surface area contributed by atoms with Crippen molar-refractivity contribution >= 4 is 63.3 Å². The van der Waals surface area contributed by atoms with E-state index in [0.717, 1.165) is 70.0 Å². The number of amides is 3. The minimum absolute atomic E-state index is 0.0122. The molecule has 714 valence electrons. The van der Waals surface area contributed by atoms with Crippen LogP contribution >= 0.6 is 0 Å². The number of aliphatic hydroxyl groups excluding tert-OH is 1. The fourth-order valence-corrected chi connectivity index (χ4v) is 17.9. The molecule has 7 heterocycles. The van der Waals surface area contributed by atoms with Gasteiger partial charge >= 0.3 is 5.97 Å². The number of nitrogen functional groups attached to an aromatic ring is 1. The molecule has 9 N–H and O–H groups in total. The summed E-state index contributed by atoms with van der Waals surface area (Å²) in [6.07, 6.45) is 19.4. The number of anilines is 1. The van der Waals surface area contributed by atoms with Crippen LogP contribution in [0.3, 0.4) is 0 Å². The van der Waals surface area contributed by atoms with Crippen LogP contribution in [0.1, 0.15) is 181 Å². The van der Waals surface area contributed by atoms with E-state index in [1.165, 1.54) is 13.4 Å². The van der Waals surface area contributed by atoms with Gasteiger partial charge in [0.1, 0.15) is 59.2 Å². The quantitative estimate of drug-likeness (QED) is 0.00837. The lowest BCUT2D eigenvalue weighted by Crippen LogP contribution is -2.61. The first kappa shape index (κ1) is 102. The summed E-state index contributed by atoms with van der Waals surface area (Å²) >= 11 is 0. The number of esters is 1. The number of ketones is 3. The fraction of sp³-hybridized carbons (Fsp3) is 0.681. The number of carbonyl (C=O) groups excluding carboxylic acids is 7. The summed E-state index contributed by atoms with van der Waals surface area (Å²) in [5.41, 5.74) is 18.5. The summed E-state index contributed by atoms with van der Waals surface area (Å²) < 4.78 is 79.6. The number of allylic oxidation sites excluding steroid dienone is 6. The Morgan fingerprint density at radius 1 is 0.752 bits per heavy atom. The molecule has 5 aliphatic rings. The van der Waals surface area contributed by atoms with Crippen LogP contribution in [0.25, 0.3) is 27.8 Å². The Hall–Kier alpha value is -8.66. The van der Waals surface area contributed by atoms with E-state index in [1.54, 1.807) is 64.3 Å². The highest BCUT2D eigenvalue weighted by Gasteiger charge is 2.53. The van der Waals surface area contributed by atoms with E-state index in [-0.39, 0.29) is 98.1 Å². The van der Waals surface area contributed by atoms with Crippen molar-refractivity contribution in [3.63, 3.8) is 0 Å². The number of aromatic amines is 1. The number of unbranched alkanes of at least 4 members (excludes halogenated alkanes) is 1. The van der Waals surface area contributed by atoms with Crippen LogP contribution in [0.15, 0.2) is 84.4 Å². The maximum absolute atomic E-state index is 14.7. The van der Waals surface area contributed by atoms with Gasteiger partial charge in [0.05, 0.1) is 134 Å². The van der Waals surface area contributed by atoms with Gasteiger partial charge in [-0.15, -0.1) is 5.10 Å². The number of benzene rings is 1. The Morgan fingerprint density at radius 3 is 2.18 bits per heavy atom. The first-order chi connectivity index (χ1) is 62.3. The number of nitrogens with two attached hydrogens (primary N) is 2. The normalized spacial score (nSPS) is 28.1. The number of H-pyrrole nitrogens is 1. The predicted octanol–water partition coefficient (Wildman–Crippen LogP) is 8.38. The lowest BCUT2D eigenvalue weighted by molar-refractivity contribution is -0.265. The first-order valence-electron chi connectivity index (χ1n) is 46.2. The largest absolute Gasteiger partial charge is 0.495 e. The number of hydrogen-bond donors (Lipinski definition) is 7. The van der Waals surface area contributed by atoms with Gasteiger partial charge < -0.3 is 104 Å². The van der Waals surface area contributed by atoms with Gasteiger partial charge in [0.25, 0.3) is 11.7 Å². The molecule has 0 radical (unpaired) electrons. The molecule has 1 aromatic carbocycles. The van der Waals surface area contributed by atoms with Crippen LogP contribution in [0, 0.1) is 35.5 Å². The smallest absolute Gasteiger partial charge is 0.329 e. The molecule has 0 spiro atoms. The van der Waals surface area contributed by atoms with E-state index >= 15 is 0 Å². The molecule has 35 nitrogen and oxygen atoms in total. The van der Waals surface area contributed by atoms with Crippen molar-refractivity contribution in [2.45, 2.75) is 243 Å². The number of carbonyl (C=O) groups is 7. The number of aryl methyl sites for hydroxylation is 1. The summed E-state index contributed by atoms with van der Waals surface area (Å²) in [4.78, 5) is 112. The minimum atomic E-state index is -2.48. The third-order valence-corrected chi connectivity index (χ3v) is 25.5. The second-order valence-corrected chi connectivity index (χ2v) is 35.0. The monoisotopic (exact) mass is 1800 g/mol. The molecule has 2 bridgehead atoms. The van der Waals surface area contributed by atoms with E-state index in [4.69, 9.17) is 78.0 Å². The van der Waals surface area contributed by atoms with E-state index in [2.05, 4.69) is 36.0 Å².